The van der Waals surface area contributed by atoms with Crippen molar-refractivity contribution in [3.8, 4) is 0 Å². The molecule has 1 aliphatic rings. The van der Waals surface area contributed by atoms with Crippen LogP contribution in [0.4, 0.5) is 11.4 Å². The molecule has 4 nitrogen and oxygen atoms in total. The maximum absolute atomic E-state index is 10.7. The lowest BCUT2D eigenvalue weighted by molar-refractivity contribution is -0.384. The highest BCUT2D eigenvalue weighted by Gasteiger charge is 2.20. The Hall–Kier alpha value is -2.36. The van der Waals surface area contributed by atoms with Gasteiger partial charge in [-0.25, -0.2) is 0 Å². The van der Waals surface area contributed by atoms with Gasteiger partial charge in [-0.15, -0.1) is 0 Å². The number of nitrogens with zero attached hydrogens (tertiary/aromatic N) is 2. The van der Waals surface area contributed by atoms with Gasteiger partial charge in [-0.3, -0.25) is 10.1 Å². The van der Waals surface area contributed by atoms with E-state index in [2.05, 4.69) is 36.1 Å². The number of anilines is 1. The number of nitro groups is 1. The van der Waals surface area contributed by atoms with Gasteiger partial charge in [0, 0.05) is 30.9 Å². The van der Waals surface area contributed by atoms with Crippen LogP contribution < -0.4 is 4.90 Å². The summed E-state index contributed by atoms with van der Waals surface area (Å²) in [4.78, 5) is 12.7. The van der Waals surface area contributed by atoms with E-state index in [1.54, 1.807) is 12.1 Å². The van der Waals surface area contributed by atoms with Crippen LogP contribution in [0.5, 0.6) is 0 Å². The fraction of sp³-hybridized carbons (Fsp3) is 0.368. The fourth-order valence-corrected chi connectivity index (χ4v) is 3.24. The second-order valence-corrected chi connectivity index (χ2v) is 6.39. The molecule has 0 saturated carbocycles. The van der Waals surface area contributed by atoms with Gasteiger partial charge >= 0.3 is 0 Å². The van der Waals surface area contributed by atoms with E-state index in [9.17, 15) is 10.1 Å². The maximum Gasteiger partial charge on any atom is 0.269 e. The number of hydrogen-bond acceptors (Lipinski definition) is 3. The molecule has 0 aliphatic carbocycles. The smallest absolute Gasteiger partial charge is 0.269 e. The van der Waals surface area contributed by atoms with E-state index >= 15 is 0 Å². The topological polar surface area (TPSA) is 46.4 Å². The molecule has 3 rings (SSSR count). The summed E-state index contributed by atoms with van der Waals surface area (Å²) in [5.74, 6) is 0.729. The van der Waals surface area contributed by atoms with Crippen LogP contribution in [-0.4, -0.2) is 18.0 Å². The highest BCUT2D eigenvalue weighted by Crippen LogP contribution is 2.27. The van der Waals surface area contributed by atoms with Crippen molar-refractivity contribution in [3.05, 3.63) is 69.8 Å². The fourth-order valence-electron chi connectivity index (χ4n) is 3.24. The van der Waals surface area contributed by atoms with Crippen LogP contribution in [0.3, 0.4) is 0 Å². The van der Waals surface area contributed by atoms with Gasteiger partial charge in [0.2, 0.25) is 0 Å². The molecule has 2 aromatic carbocycles. The summed E-state index contributed by atoms with van der Waals surface area (Å²) in [5, 5.41) is 10.7. The molecular formula is C19H22N2O2. The molecule has 0 unspecified atom stereocenters. The van der Waals surface area contributed by atoms with Crippen molar-refractivity contribution >= 4 is 11.4 Å². The minimum absolute atomic E-state index is 0.156. The second-order valence-electron chi connectivity index (χ2n) is 6.39. The number of benzene rings is 2. The van der Waals surface area contributed by atoms with Crippen LogP contribution in [0, 0.1) is 23.0 Å². The third kappa shape index (κ3) is 3.89. The SMILES string of the molecule is Cc1ccc(CC2CCN(c3ccc([N+](=O)[O-])cc3)CC2)cc1. The number of nitro benzene ring substituents is 1. The summed E-state index contributed by atoms with van der Waals surface area (Å²) in [5.41, 5.74) is 3.97. The summed E-state index contributed by atoms with van der Waals surface area (Å²) in [7, 11) is 0. The third-order valence-electron chi connectivity index (χ3n) is 4.69. The largest absolute Gasteiger partial charge is 0.372 e. The van der Waals surface area contributed by atoms with Crippen molar-refractivity contribution in [2.45, 2.75) is 26.2 Å². The zero-order valence-electron chi connectivity index (χ0n) is 13.4. The Labute approximate surface area is 136 Å². The maximum atomic E-state index is 10.7. The molecule has 1 heterocycles. The minimum Gasteiger partial charge on any atom is -0.372 e. The van der Waals surface area contributed by atoms with Gasteiger partial charge in [0.05, 0.1) is 4.92 Å². The van der Waals surface area contributed by atoms with E-state index in [0.29, 0.717) is 0 Å². The molecule has 0 spiro atoms. The number of aryl methyl sites for hydroxylation is 1. The predicted molar refractivity (Wildman–Crippen MR) is 92.9 cm³/mol. The van der Waals surface area contributed by atoms with E-state index < -0.39 is 0 Å². The summed E-state index contributed by atoms with van der Waals surface area (Å²) in [6.45, 7) is 4.16. The quantitative estimate of drug-likeness (QED) is 0.622. The van der Waals surface area contributed by atoms with Crippen LogP contribution >= 0.6 is 0 Å². The van der Waals surface area contributed by atoms with E-state index in [4.69, 9.17) is 0 Å². The van der Waals surface area contributed by atoms with Crippen LogP contribution in [0.15, 0.2) is 48.5 Å². The van der Waals surface area contributed by atoms with Crippen molar-refractivity contribution in [1.82, 2.24) is 0 Å². The molecule has 1 fully saturated rings. The van der Waals surface area contributed by atoms with Crippen molar-refractivity contribution in [1.29, 1.82) is 0 Å². The van der Waals surface area contributed by atoms with Gasteiger partial charge < -0.3 is 4.90 Å². The van der Waals surface area contributed by atoms with E-state index in [1.807, 2.05) is 12.1 Å². The van der Waals surface area contributed by atoms with Crippen LogP contribution in [0.1, 0.15) is 24.0 Å². The molecule has 0 bridgehead atoms. The Morgan fingerprint density at radius 1 is 1.04 bits per heavy atom. The molecule has 4 heteroatoms. The molecule has 0 radical (unpaired) electrons. The normalized spacial score (nSPS) is 15.6. The second kappa shape index (κ2) is 6.82. The lowest BCUT2D eigenvalue weighted by Gasteiger charge is -2.33. The molecule has 0 atom stereocenters. The van der Waals surface area contributed by atoms with E-state index in [1.165, 1.54) is 24.0 Å². The molecule has 120 valence electrons. The van der Waals surface area contributed by atoms with Gasteiger partial charge in [0.1, 0.15) is 0 Å². The molecule has 2 aromatic rings. The van der Waals surface area contributed by atoms with Gasteiger partial charge in [-0.1, -0.05) is 29.8 Å². The highest BCUT2D eigenvalue weighted by molar-refractivity contribution is 5.51. The zero-order chi connectivity index (χ0) is 16.2. The Morgan fingerprint density at radius 2 is 1.65 bits per heavy atom. The molecule has 23 heavy (non-hydrogen) atoms. The Balaban J connectivity index is 1.55. The van der Waals surface area contributed by atoms with Gasteiger partial charge in [-0.05, 0) is 49.8 Å². The molecule has 0 amide bonds. The van der Waals surface area contributed by atoms with Gasteiger partial charge in [0.15, 0.2) is 0 Å². The first kappa shape index (κ1) is 15.5. The first-order chi connectivity index (χ1) is 11.1. The number of hydrogen-bond donors (Lipinski definition) is 0. The van der Waals surface area contributed by atoms with Crippen LogP contribution in [-0.2, 0) is 6.42 Å². The van der Waals surface area contributed by atoms with Crippen molar-refractivity contribution in [2.75, 3.05) is 18.0 Å². The lowest BCUT2D eigenvalue weighted by Crippen LogP contribution is -2.34. The lowest BCUT2D eigenvalue weighted by atomic mass is 9.90. The molecule has 0 aromatic heterocycles. The highest BCUT2D eigenvalue weighted by atomic mass is 16.6. The molecule has 1 saturated heterocycles. The van der Waals surface area contributed by atoms with Crippen molar-refractivity contribution in [2.24, 2.45) is 5.92 Å². The molecule has 0 N–H and O–H groups in total. The summed E-state index contributed by atoms with van der Waals surface area (Å²) < 4.78 is 0. The zero-order valence-corrected chi connectivity index (χ0v) is 13.4. The summed E-state index contributed by atoms with van der Waals surface area (Å²) in [6.07, 6.45) is 3.49. The standard InChI is InChI=1S/C19H22N2O2/c1-15-2-4-16(5-3-15)14-17-10-12-20(13-11-17)18-6-8-19(9-7-18)21(22)23/h2-9,17H,10-14H2,1H3. The van der Waals surface area contributed by atoms with Crippen LogP contribution in [0.2, 0.25) is 0 Å². The first-order valence-corrected chi connectivity index (χ1v) is 8.17. The minimum atomic E-state index is -0.350. The summed E-state index contributed by atoms with van der Waals surface area (Å²) >= 11 is 0. The van der Waals surface area contributed by atoms with Crippen LogP contribution in [0.25, 0.3) is 0 Å². The molecular weight excluding hydrogens is 288 g/mol. The van der Waals surface area contributed by atoms with E-state index in [0.717, 1.165) is 31.1 Å². The van der Waals surface area contributed by atoms with E-state index in [-0.39, 0.29) is 10.6 Å². The Morgan fingerprint density at radius 3 is 2.22 bits per heavy atom. The van der Waals surface area contributed by atoms with Gasteiger partial charge in [-0.2, -0.15) is 0 Å². The average Bonchev–Trinajstić information content (AvgIpc) is 2.58. The predicted octanol–water partition coefficient (Wildman–Crippen LogP) is 4.36. The first-order valence-electron chi connectivity index (χ1n) is 8.17. The number of rotatable bonds is 4. The Bertz CT molecular complexity index is 657. The number of piperidine rings is 1. The monoisotopic (exact) mass is 310 g/mol. The average molecular weight is 310 g/mol. The molecule has 1 aliphatic heterocycles. The van der Waals surface area contributed by atoms with Gasteiger partial charge in [0.25, 0.3) is 5.69 Å². The van der Waals surface area contributed by atoms with Crippen molar-refractivity contribution in [3.63, 3.8) is 0 Å². The Kier molecular flexibility index (Phi) is 4.60. The third-order valence-corrected chi connectivity index (χ3v) is 4.69. The number of non-ortho nitro benzene ring substituents is 1. The summed E-state index contributed by atoms with van der Waals surface area (Å²) in [6, 6.07) is 15.7. The van der Waals surface area contributed by atoms with Crippen molar-refractivity contribution < 1.29 is 4.92 Å².